The highest BCUT2D eigenvalue weighted by molar-refractivity contribution is 7.07. The number of thiazole rings is 1. The molecule has 2 aromatic carbocycles. The molecule has 0 aliphatic heterocycles. The molecular formula is C17H12Cl3N3S. The second-order valence-corrected chi connectivity index (χ2v) is 6.95. The third-order valence-electron chi connectivity index (χ3n) is 3.28. The molecule has 0 amide bonds. The monoisotopic (exact) mass is 395 g/mol. The summed E-state index contributed by atoms with van der Waals surface area (Å²) in [6.45, 7) is 0. The lowest BCUT2D eigenvalue weighted by Crippen LogP contribution is -2.11. The van der Waals surface area contributed by atoms with Crippen molar-refractivity contribution >= 4 is 52.4 Å². The lowest BCUT2D eigenvalue weighted by atomic mass is 10.2. The van der Waals surface area contributed by atoms with E-state index in [1.165, 1.54) is 11.3 Å². The minimum absolute atomic E-state index is 0.503. The molecule has 0 aliphatic carbocycles. The molecular weight excluding hydrogens is 385 g/mol. The molecule has 0 unspecified atom stereocenters. The van der Waals surface area contributed by atoms with Crippen LogP contribution in [0.5, 0.6) is 0 Å². The van der Waals surface area contributed by atoms with Crippen LogP contribution in [0.1, 0.15) is 5.56 Å². The van der Waals surface area contributed by atoms with Gasteiger partial charge in [-0.25, -0.2) is 4.68 Å². The highest BCUT2D eigenvalue weighted by Crippen LogP contribution is 2.28. The van der Waals surface area contributed by atoms with Crippen molar-refractivity contribution in [1.82, 2.24) is 4.68 Å². The third kappa shape index (κ3) is 3.73. The minimum Gasteiger partial charge on any atom is -0.261 e. The summed E-state index contributed by atoms with van der Waals surface area (Å²) in [6.07, 6.45) is 1.76. The Hall–Kier alpha value is -1.59. The lowest BCUT2D eigenvalue weighted by molar-refractivity contribution is 0.848. The van der Waals surface area contributed by atoms with Gasteiger partial charge < -0.3 is 0 Å². The van der Waals surface area contributed by atoms with Crippen LogP contribution in [0.15, 0.2) is 57.9 Å². The first-order valence-corrected chi connectivity index (χ1v) is 8.98. The van der Waals surface area contributed by atoms with Gasteiger partial charge in [0.25, 0.3) is 0 Å². The van der Waals surface area contributed by atoms with E-state index in [0.29, 0.717) is 15.1 Å². The largest absolute Gasteiger partial charge is 0.261 e. The van der Waals surface area contributed by atoms with Crippen molar-refractivity contribution in [1.29, 1.82) is 0 Å². The molecule has 3 rings (SSSR count). The predicted octanol–water partition coefficient (Wildman–Crippen LogP) is 5.59. The van der Waals surface area contributed by atoms with Gasteiger partial charge in [0.2, 0.25) is 4.80 Å². The Bertz CT molecular complexity index is 956. The predicted molar refractivity (Wildman–Crippen MR) is 104 cm³/mol. The van der Waals surface area contributed by atoms with E-state index in [1.807, 2.05) is 41.8 Å². The molecule has 1 aromatic heterocycles. The van der Waals surface area contributed by atoms with E-state index < -0.39 is 0 Å². The fraction of sp³-hybridized carbons (Fsp3) is 0.0588. The number of aromatic nitrogens is 1. The minimum atomic E-state index is 0.503. The first kappa shape index (κ1) is 17.2. The van der Waals surface area contributed by atoms with Crippen molar-refractivity contribution in [3.63, 3.8) is 0 Å². The summed E-state index contributed by atoms with van der Waals surface area (Å²) in [4.78, 5) is 5.05. The highest BCUT2D eigenvalue weighted by Gasteiger charge is 2.09. The zero-order valence-electron chi connectivity index (χ0n) is 12.6. The molecule has 0 saturated heterocycles. The van der Waals surface area contributed by atoms with Crippen LogP contribution in [0.2, 0.25) is 15.1 Å². The van der Waals surface area contributed by atoms with Crippen LogP contribution in [-0.2, 0) is 0 Å². The van der Waals surface area contributed by atoms with Crippen molar-refractivity contribution in [3.05, 3.63) is 73.3 Å². The molecule has 0 radical (unpaired) electrons. The fourth-order valence-corrected chi connectivity index (χ4v) is 3.32. The maximum atomic E-state index is 6.13. The van der Waals surface area contributed by atoms with Crippen molar-refractivity contribution in [2.45, 2.75) is 0 Å². The Morgan fingerprint density at radius 3 is 2.42 bits per heavy atom. The van der Waals surface area contributed by atoms with Crippen LogP contribution in [0.25, 0.3) is 11.3 Å². The lowest BCUT2D eigenvalue weighted by Gasteiger charge is -2.05. The fourth-order valence-electron chi connectivity index (χ4n) is 2.09. The first-order chi connectivity index (χ1) is 11.6. The Morgan fingerprint density at radius 1 is 1.00 bits per heavy atom. The van der Waals surface area contributed by atoms with Gasteiger partial charge in [0.1, 0.15) is 0 Å². The molecule has 3 aromatic rings. The van der Waals surface area contributed by atoms with Gasteiger partial charge in [-0.15, -0.1) is 11.3 Å². The molecule has 0 saturated carbocycles. The van der Waals surface area contributed by atoms with Gasteiger partial charge in [-0.2, -0.15) is 5.10 Å². The smallest absolute Gasteiger partial charge is 0.205 e. The number of halogens is 3. The summed E-state index contributed by atoms with van der Waals surface area (Å²) in [5.41, 5.74) is 2.76. The van der Waals surface area contributed by atoms with Gasteiger partial charge in [0.15, 0.2) is 0 Å². The molecule has 3 nitrogen and oxygen atoms in total. The van der Waals surface area contributed by atoms with Crippen LogP contribution in [-0.4, -0.2) is 17.9 Å². The molecule has 24 heavy (non-hydrogen) atoms. The van der Waals surface area contributed by atoms with E-state index in [2.05, 4.69) is 10.1 Å². The van der Waals surface area contributed by atoms with Gasteiger partial charge in [-0.05, 0) is 29.8 Å². The molecule has 0 fully saturated rings. The quantitative estimate of drug-likeness (QED) is 0.517. The average Bonchev–Trinajstić information content (AvgIpc) is 3.00. The second-order valence-electron chi connectivity index (χ2n) is 4.86. The van der Waals surface area contributed by atoms with Gasteiger partial charge in [0, 0.05) is 23.0 Å². The average molecular weight is 397 g/mol. The zero-order valence-corrected chi connectivity index (χ0v) is 15.7. The number of rotatable bonds is 3. The molecule has 122 valence electrons. The molecule has 0 N–H and O–H groups in total. The van der Waals surface area contributed by atoms with Gasteiger partial charge in [-0.3, -0.25) is 4.99 Å². The van der Waals surface area contributed by atoms with E-state index in [0.717, 1.165) is 21.6 Å². The van der Waals surface area contributed by atoms with E-state index in [-0.39, 0.29) is 0 Å². The van der Waals surface area contributed by atoms with Crippen molar-refractivity contribution in [3.8, 4) is 11.3 Å². The van der Waals surface area contributed by atoms with E-state index in [4.69, 9.17) is 34.8 Å². The topological polar surface area (TPSA) is 29.6 Å². The maximum absolute atomic E-state index is 6.13. The maximum Gasteiger partial charge on any atom is 0.205 e. The van der Waals surface area contributed by atoms with Crippen molar-refractivity contribution < 1.29 is 0 Å². The molecule has 0 spiro atoms. The standard InChI is InChI=1S/C17H12Cl3N3S/c1-21-17-23(22-9-11-2-5-13(18)6-3-11)16(10-24-17)12-4-7-14(19)15(20)8-12/h2-10H,1H3. The molecule has 0 aliphatic rings. The second kappa shape index (κ2) is 7.53. The summed E-state index contributed by atoms with van der Waals surface area (Å²) < 4.78 is 1.78. The summed E-state index contributed by atoms with van der Waals surface area (Å²) in [5.74, 6) is 0. The Balaban J connectivity index is 2.05. The SMILES string of the molecule is CN=c1scc(-c2ccc(Cl)c(Cl)c2)n1N=Cc1ccc(Cl)cc1. The van der Waals surface area contributed by atoms with Crippen LogP contribution in [0.4, 0.5) is 0 Å². The van der Waals surface area contributed by atoms with Gasteiger partial charge in [-0.1, -0.05) is 53.0 Å². The highest BCUT2D eigenvalue weighted by atomic mass is 35.5. The van der Waals surface area contributed by atoms with Gasteiger partial charge in [0.05, 0.1) is 22.0 Å². The normalized spacial score (nSPS) is 12.2. The summed E-state index contributed by atoms with van der Waals surface area (Å²) in [7, 11) is 1.73. The van der Waals surface area contributed by atoms with E-state index in [9.17, 15) is 0 Å². The summed E-state index contributed by atoms with van der Waals surface area (Å²) in [5, 5.41) is 8.26. The Kier molecular flexibility index (Phi) is 5.41. The van der Waals surface area contributed by atoms with Crippen LogP contribution in [0.3, 0.4) is 0 Å². The third-order valence-corrected chi connectivity index (χ3v) is 5.18. The Labute approximate surface area is 158 Å². The summed E-state index contributed by atoms with van der Waals surface area (Å²) >= 11 is 19.5. The van der Waals surface area contributed by atoms with Crippen LogP contribution >= 0.6 is 46.1 Å². The van der Waals surface area contributed by atoms with E-state index >= 15 is 0 Å². The number of nitrogens with zero attached hydrogens (tertiary/aromatic N) is 3. The molecule has 7 heteroatoms. The van der Waals surface area contributed by atoms with Crippen LogP contribution in [0, 0.1) is 0 Å². The molecule has 1 heterocycles. The van der Waals surface area contributed by atoms with Crippen molar-refractivity contribution in [2.24, 2.45) is 10.1 Å². The van der Waals surface area contributed by atoms with E-state index in [1.54, 1.807) is 24.0 Å². The van der Waals surface area contributed by atoms with Crippen molar-refractivity contribution in [2.75, 3.05) is 7.05 Å². The summed E-state index contributed by atoms with van der Waals surface area (Å²) in [6, 6.07) is 13.0. The van der Waals surface area contributed by atoms with Crippen LogP contribution < -0.4 is 4.80 Å². The number of hydrogen-bond donors (Lipinski definition) is 0. The number of benzene rings is 2. The van der Waals surface area contributed by atoms with Gasteiger partial charge >= 0.3 is 0 Å². The Morgan fingerprint density at radius 2 is 1.75 bits per heavy atom. The molecule has 0 bridgehead atoms. The first-order valence-electron chi connectivity index (χ1n) is 6.97. The number of hydrogen-bond acceptors (Lipinski definition) is 3. The molecule has 0 atom stereocenters. The zero-order chi connectivity index (χ0) is 17.1.